The van der Waals surface area contributed by atoms with Gasteiger partial charge in [0.2, 0.25) is 5.91 Å². The maximum Gasteiger partial charge on any atom is 0.328 e. The number of nitrogens with zero attached hydrogens (tertiary/aromatic N) is 1. The lowest BCUT2D eigenvalue weighted by Crippen LogP contribution is -2.43. The van der Waals surface area contributed by atoms with E-state index in [1.807, 2.05) is 24.3 Å². The van der Waals surface area contributed by atoms with Gasteiger partial charge in [0.05, 0.1) is 14.2 Å². The molecule has 5 heteroatoms. The van der Waals surface area contributed by atoms with E-state index in [-0.39, 0.29) is 5.91 Å². The minimum atomic E-state index is -0.615. The van der Waals surface area contributed by atoms with Crippen LogP contribution in [-0.4, -0.2) is 44.1 Å². The lowest BCUT2D eigenvalue weighted by Gasteiger charge is -2.25. The fourth-order valence-corrected chi connectivity index (χ4v) is 1.72. The Hall–Kier alpha value is -2.04. The molecule has 0 heterocycles. The van der Waals surface area contributed by atoms with E-state index >= 15 is 0 Å². The van der Waals surface area contributed by atoms with Gasteiger partial charge in [-0.15, -0.1) is 0 Å². The minimum Gasteiger partial charge on any atom is -0.497 e. The van der Waals surface area contributed by atoms with E-state index in [0.29, 0.717) is 6.42 Å². The third kappa shape index (κ3) is 3.98. The number of benzene rings is 1. The number of carbonyl (C=O) groups is 2. The van der Waals surface area contributed by atoms with Crippen LogP contribution >= 0.6 is 0 Å². The Morgan fingerprint density at radius 2 is 1.79 bits per heavy atom. The van der Waals surface area contributed by atoms with Crippen LogP contribution in [-0.2, 0) is 20.7 Å². The third-order valence-electron chi connectivity index (χ3n) is 3.03. The summed E-state index contributed by atoms with van der Waals surface area (Å²) in [5, 5.41) is 0. The maximum absolute atomic E-state index is 11.7. The molecular weight excluding hydrogens is 246 g/mol. The van der Waals surface area contributed by atoms with Crippen LogP contribution < -0.4 is 4.74 Å². The Morgan fingerprint density at radius 1 is 1.21 bits per heavy atom. The molecule has 1 rings (SSSR count). The van der Waals surface area contributed by atoms with Crippen molar-refractivity contribution >= 4 is 11.9 Å². The lowest BCUT2D eigenvalue weighted by molar-refractivity contribution is -0.151. The molecule has 1 aromatic carbocycles. The molecule has 0 saturated heterocycles. The molecule has 0 aliphatic rings. The molecule has 19 heavy (non-hydrogen) atoms. The van der Waals surface area contributed by atoms with Crippen molar-refractivity contribution in [1.29, 1.82) is 0 Å². The number of likely N-dealkylation sites (N-methyl/N-ethyl adjacent to an activating group) is 1. The van der Waals surface area contributed by atoms with Crippen LogP contribution in [0.4, 0.5) is 0 Å². The smallest absolute Gasteiger partial charge is 0.328 e. The highest BCUT2D eigenvalue weighted by molar-refractivity contribution is 5.83. The van der Waals surface area contributed by atoms with Crippen molar-refractivity contribution in [2.45, 2.75) is 19.4 Å². The standard InChI is InChI=1S/C14H19NO4/c1-10(16)15(2)13(14(17)19-4)9-11-5-7-12(18-3)8-6-11/h5-8,13H,9H2,1-4H3/t13-/m0/s1. The number of esters is 1. The number of carbonyl (C=O) groups excluding carboxylic acids is 2. The normalized spacial score (nSPS) is 11.6. The Bertz CT molecular complexity index is 441. The first kappa shape index (κ1) is 15.0. The van der Waals surface area contributed by atoms with Crippen molar-refractivity contribution in [3.8, 4) is 5.75 Å². The van der Waals surface area contributed by atoms with Crippen LogP contribution in [0.5, 0.6) is 5.75 Å². The van der Waals surface area contributed by atoms with E-state index in [1.165, 1.54) is 18.9 Å². The first-order valence-electron chi connectivity index (χ1n) is 5.93. The predicted molar refractivity (Wildman–Crippen MR) is 70.9 cm³/mol. The second kappa shape index (κ2) is 6.78. The SMILES string of the molecule is COC(=O)[C@H](Cc1ccc(OC)cc1)N(C)C(C)=O. The fraction of sp³-hybridized carbons (Fsp3) is 0.429. The van der Waals surface area contributed by atoms with Crippen LogP contribution in [0.1, 0.15) is 12.5 Å². The summed E-state index contributed by atoms with van der Waals surface area (Å²) in [4.78, 5) is 24.5. The van der Waals surface area contributed by atoms with Gasteiger partial charge in [-0.05, 0) is 17.7 Å². The second-order valence-corrected chi connectivity index (χ2v) is 4.22. The first-order chi connectivity index (χ1) is 8.99. The molecule has 0 aromatic heterocycles. The van der Waals surface area contributed by atoms with Gasteiger partial charge in [0.15, 0.2) is 0 Å². The van der Waals surface area contributed by atoms with Gasteiger partial charge in [-0.1, -0.05) is 12.1 Å². The fourth-order valence-electron chi connectivity index (χ4n) is 1.72. The van der Waals surface area contributed by atoms with Gasteiger partial charge in [-0.25, -0.2) is 4.79 Å². The van der Waals surface area contributed by atoms with E-state index in [9.17, 15) is 9.59 Å². The topological polar surface area (TPSA) is 55.8 Å². The highest BCUT2D eigenvalue weighted by Crippen LogP contribution is 2.15. The van der Waals surface area contributed by atoms with E-state index < -0.39 is 12.0 Å². The van der Waals surface area contributed by atoms with Crippen molar-refractivity contribution < 1.29 is 19.1 Å². The van der Waals surface area contributed by atoms with Gasteiger partial charge in [0.1, 0.15) is 11.8 Å². The molecule has 0 fully saturated rings. The summed E-state index contributed by atoms with van der Waals surface area (Å²) in [6.07, 6.45) is 0.409. The van der Waals surface area contributed by atoms with Gasteiger partial charge < -0.3 is 14.4 Å². The predicted octanol–water partition coefficient (Wildman–Crippen LogP) is 1.26. The van der Waals surface area contributed by atoms with E-state index in [1.54, 1.807) is 14.2 Å². The number of ether oxygens (including phenoxy) is 2. The van der Waals surface area contributed by atoms with E-state index in [0.717, 1.165) is 11.3 Å². The molecule has 1 aromatic rings. The van der Waals surface area contributed by atoms with Crippen LogP contribution in [0, 0.1) is 0 Å². The summed E-state index contributed by atoms with van der Waals surface area (Å²) in [7, 11) is 4.50. The molecule has 0 aliphatic carbocycles. The number of methoxy groups -OCH3 is 2. The molecule has 1 amide bonds. The largest absolute Gasteiger partial charge is 0.497 e. The zero-order valence-electron chi connectivity index (χ0n) is 11.7. The highest BCUT2D eigenvalue weighted by atomic mass is 16.5. The monoisotopic (exact) mass is 265 g/mol. The van der Waals surface area contributed by atoms with Crippen LogP contribution in [0.15, 0.2) is 24.3 Å². The summed E-state index contributed by atoms with van der Waals surface area (Å²) in [5.74, 6) is 0.149. The average molecular weight is 265 g/mol. The number of rotatable bonds is 5. The zero-order valence-corrected chi connectivity index (χ0v) is 11.7. The molecule has 0 aliphatic heterocycles. The summed E-state index contributed by atoms with van der Waals surface area (Å²) >= 11 is 0. The van der Waals surface area contributed by atoms with Crippen molar-refractivity contribution in [3.63, 3.8) is 0 Å². The van der Waals surface area contributed by atoms with Gasteiger partial charge in [-0.2, -0.15) is 0 Å². The van der Waals surface area contributed by atoms with Crippen molar-refractivity contribution in [1.82, 2.24) is 4.90 Å². The molecular formula is C14H19NO4. The lowest BCUT2D eigenvalue weighted by atomic mass is 10.0. The van der Waals surface area contributed by atoms with Crippen LogP contribution in [0.25, 0.3) is 0 Å². The van der Waals surface area contributed by atoms with Crippen molar-refractivity contribution in [2.75, 3.05) is 21.3 Å². The molecule has 0 unspecified atom stereocenters. The van der Waals surface area contributed by atoms with E-state index in [4.69, 9.17) is 9.47 Å². The molecule has 0 bridgehead atoms. The molecule has 0 N–H and O–H groups in total. The first-order valence-corrected chi connectivity index (χ1v) is 5.93. The Labute approximate surface area is 113 Å². The van der Waals surface area contributed by atoms with Crippen LogP contribution in [0.2, 0.25) is 0 Å². The summed E-state index contributed by atoms with van der Waals surface area (Å²) in [5.41, 5.74) is 0.935. The molecule has 0 saturated carbocycles. The Balaban J connectivity index is 2.87. The summed E-state index contributed by atoms with van der Waals surface area (Å²) in [6, 6.07) is 6.75. The number of hydrogen-bond donors (Lipinski definition) is 0. The second-order valence-electron chi connectivity index (χ2n) is 4.22. The number of amides is 1. The zero-order chi connectivity index (χ0) is 14.4. The summed E-state index contributed by atoms with van der Waals surface area (Å²) < 4.78 is 9.82. The quantitative estimate of drug-likeness (QED) is 0.752. The molecule has 5 nitrogen and oxygen atoms in total. The maximum atomic E-state index is 11.7. The number of hydrogen-bond acceptors (Lipinski definition) is 4. The van der Waals surface area contributed by atoms with Gasteiger partial charge >= 0.3 is 5.97 Å². The van der Waals surface area contributed by atoms with Gasteiger partial charge in [0, 0.05) is 20.4 Å². The highest BCUT2D eigenvalue weighted by Gasteiger charge is 2.26. The van der Waals surface area contributed by atoms with E-state index in [2.05, 4.69) is 0 Å². The average Bonchev–Trinajstić information content (AvgIpc) is 2.43. The molecule has 104 valence electrons. The van der Waals surface area contributed by atoms with Gasteiger partial charge in [0.25, 0.3) is 0 Å². The van der Waals surface area contributed by atoms with Crippen molar-refractivity contribution in [2.24, 2.45) is 0 Å². The third-order valence-corrected chi connectivity index (χ3v) is 3.03. The minimum absolute atomic E-state index is 0.177. The molecule has 1 atom stereocenters. The van der Waals surface area contributed by atoms with Crippen molar-refractivity contribution in [3.05, 3.63) is 29.8 Å². The Morgan fingerprint density at radius 3 is 2.21 bits per heavy atom. The molecule has 0 spiro atoms. The van der Waals surface area contributed by atoms with Gasteiger partial charge in [-0.3, -0.25) is 4.79 Å². The Kier molecular flexibility index (Phi) is 5.36. The molecule has 0 radical (unpaired) electrons. The van der Waals surface area contributed by atoms with Crippen LogP contribution in [0.3, 0.4) is 0 Å². The summed E-state index contributed by atoms with van der Waals surface area (Å²) in [6.45, 7) is 1.42.